The lowest BCUT2D eigenvalue weighted by molar-refractivity contribution is -0.130. The summed E-state index contributed by atoms with van der Waals surface area (Å²) in [6, 6.07) is 5.67. The summed E-state index contributed by atoms with van der Waals surface area (Å²) in [6.45, 7) is 3.07. The zero-order chi connectivity index (χ0) is 15.3. The molecule has 0 aliphatic carbocycles. The van der Waals surface area contributed by atoms with Crippen molar-refractivity contribution in [2.24, 2.45) is 5.73 Å². The van der Waals surface area contributed by atoms with E-state index in [4.69, 9.17) is 15.2 Å². The standard InChI is InChI=1S/C15H21FN2O3.ClH/c1-11(10-21-13-4-2-3-12(16)9-13)18-14(19)15(17)5-7-20-8-6-15;/h2-4,9,11H,5-8,10,17H2,1H3,(H,18,19);1H. The zero-order valence-corrected chi connectivity index (χ0v) is 13.3. The number of hydrogen-bond acceptors (Lipinski definition) is 4. The Hall–Kier alpha value is -1.37. The van der Waals surface area contributed by atoms with Crippen LogP contribution in [0.3, 0.4) is 0 Å². The quantitative estimate of drug-likeness (QED) is 0.859. The van der Waals surface area contributed by atoms with Crippen LogP contribution in [-0.2, 0) is 9.53 Å². The Morgan fingerprint density at radius 1 is 1.50 bits per heavy atom. The van der Waals surface area contributed by atoms with Gasteiger partial charge >= 0.3 is 0 Å². The number of benzene rings is 1. The smallest absolute Gasteiger partial charge is 0.240 e. The van der Waals surface area contributed by atoms with E-state index < -0.39 is 5.54 Å². The second kappa shape index (κ2) is 8.31. The van der Waals surface area contributed by atoms with Crippen molar-refractivity contribution >= 4 is 18.3 Å². The highest BCUT2D eigenvalue weighted by atomic mass is 35.5. The van der Waals surface area contributed by atoms with Gasteiger partial charge in [-0.25, -0.2) is 4.39 Å². The van der Waals surface area contributed by atoms with E-state index in [1.54, 1.807) is 12.1 Å². The minimum absolute atomic E-state index is 0. The molecule has 7 heteroatoms. The van der Waals surface area contributed by atoms with Crippen LogP contribution < -0.4 is 15.8 Å². The van der Waals surface area contributed by atoms with Gasteiger partial charge in [-0.05, 0) is 31.9 Å². The second-order valence-corrected chi connectivity index (χ2v) is 5.41. The average Bonchev–Trinajstić information content (AvgIpc) is 2.46. The number of nitrogens with one attached hydrogen (secondary N) is 1. The number of carbonyl (C=O) groups is 1. The van der Waals surface area contributed by atoms with Crippen molar-refractivity contribution in [3.05, 3.63) is 30.1 Å². The summed E-state index contributed by atoms with van der Waals surface area (Å²) >= 11 is 0. The van der Waals surface area contributed by atoms with Crippen LogP contribution in [0, 0.1) is 5.82 Å². The molecule has 1 aliphatic heterocycles. The Bertz CT molecular complexity index is 495. The van der Waals surface area contributed by atoms with Crippen molar-refractivity contribution in [2.45, 2.75) is 31.3 Å². The van der Waals surface area contributed by atoms with Gasteiger partial charge in [-0.15, -0.1) is 12.4 Å². The summed E-state index contributed by atoms with van der Waals surface area (Å²) in [6.07, 6.45) is 1.02. The van der Waals surface area contributed by atoms with Gasteiger partial charge in [-0.2, -0.15) is 0 Å². The zero-order valence-electron chi connectivity index (χ0n) is 12.5. The van der Waals surface area contributed by atoms with Gasteiger partial charge < -0.3 is 20.5 Å². The Morgan fingerprint density at radius 3 is 2.82 bits per heavy atom. The molecule has 0 aromatic heterocycles. The molecular formula is C15H22ClFN2O3. The van der Waals surface area contributed by atoms with Gasteiger partial charge in [-0.3, -0.25) is 4.79 Å². The van der Waals surface area contributed by atoms with Gasteiger partial charge in [-0.1, -0.05) is 6.07 Å². The minimum atomic E-state index is -0.870. The third kappa shape index (κ3) is 5.12. The number of amides is 1. The van der Waals surface area contributed by atoms with Crippen LogP contribution in [0.25, 0.3) is 0 Å². The summed E-state index contributed by atoms with van der Waals surface area (Å²) in [7, 11) is 0. The molecule has 1 saturated heterocycles. The number of hydrogen-bond donors (Lipinski definition) is 2. The van der Waals surface area contributed by atoms with Gasteiger partial charge in [0, 0.05) is 19.3 Å². The molecule has 2 rings (SSSR count). The maximum Gasteiger partial charge on any atom is 0.240 e. The monoisotopic (exact) mass is 332 g/mol. The molecule has 1 aromatic rings. The maximum absolute atomic E-state index is 13.0. The fraction of sp³-hybridized carbons (Fsp3) is 0.533. The first kappa shape index (κ1) is 18.7. The molecule has 22 heavy (non-hydrogen) atoms. The molecule has 0 saturated carbocycles. The summed E-state index contributed by atoms with van der Waals surface area (Å²) in [4.78, 5) is 12.2. The predicted molar refractivity (Wildman–Crippen MR) is 83.7 cm³/mol. The van der Waals surface area contributed by atoms with Crippen molar-refractivity contribution in [3.63, 3.8) is 0 Å². The van der Waals surface area contributed by atoms with Gasteiger partial charge in [0.25, 0.3) is 0 Å². The Kier molecular flexibility index (Phi) is 7.06. The van der Waals surface area contributed by atoms with Gasteiger partial charge in [0.05, 0.1) is 11.6 Å². The maximum atomic E-state index is 13.0. The highest BCUT2D eigenvalue weighted by molar-refractivity contribution is 5.86. The molecule has 1 atom stereocenters. The number of halogens is 2. The number of carbonyl (C=O) groups excluding carboxylic acids is 1. The van der Waals surface area contributed by atoms with E-state index in [-0.39, 0.29) is 36.8 Å². The van der Waals surface area contributed by atoms with Crippen LogP contribution in [0.15, 0.2) is 24.3 Å². The van der Waals surface area contributed by atoms with Crippen molar-refractivity contribution in [2.75, 3.05) is 19.8 Å². The Labute approximate surface area is 135 Å². The number of rotatable bonds is 5. The lowest BCUT2D eigenvalue weighted by Crippen LogP contribution is -2.58. The fourth-order valence-corrected chi connectivity index (χ4v) is 2.15. The van der Waals surface area contributed by atoms with Crippen molar-refractivity contribution in [3.8, 4) is 5.75 Å². The molecule has 1 amide bonds. The van der Waals surface area contributed by atoms with E-state index >= 15 is 0 Å². The SMILES string of the molecule is CC(COc1cccc(F)c1)NC(=O)C1(N)CCOCC1.Cl. The van der Waals surface area contributed by atoms with Crippen LogP contribution in [0.5, 0.6) is 5.75 Å². The van der Waals surface area contributed by atoms with E-state index in [2.05, 4.69) is 5.32 Å². The van der Waals surface area contributed by atoms with Crippen molar-refractivity contribution in [1.29, 1.82) is 0 Å². The molecule has 5 nitrogen and oxygen atoms in total. The molecule has 1 unspecified atom stereocenters. The van der Waals surface area contributed by atoms with Crippen molar-refractivity contribution in [1.82, 2.24) is 5.32 Å². The van der Waals surface area contributed by atoms with E-state index in [9.17, 15) is 9.18 Å². The van der Waals surface area contributed by atoms with E-state index in [1.807, 2.05) is 6.92 Å². The van der Waals surface area contributed by atoms with E-state index in [0.717, 1.165) is 0 Å². The van der Waals surface area contributed by atoms with E-state index in [0.29, 0.717) is 31.8 Å². The normalized spacial score (nSPS) is 18.0. The second-order valence-electron chi connectivity index (χ2n) is 5.41. The van der Waals surface area contributed by atoms with Crippen LogP contribution in [0.1, 0.15) is 19.8 Å². The highest BCUT2D eigenvalue weighted by Crippen LogP contribution is 2.18. The predicted octanol–water partition coefficient (Wildman–Crippen LogP) is 1.64. The summed E-state index contributed by atoms with van der Waals surface area (Å²) < 4.78 is 23.7. The summed E-state index contributed by atoms with van der Waals surface area (Å²) in [5.41, 5.74) is 5.23. The van der Waals surface area contributed by atoms with Crippen LogP contribution in [0.4, 0.5) is 4.39 Å². The molecule has 1 aliphatic rings. The van der Waals surface area contributed by atoms with Crippen molar-refractivity contribution < 1.29 is 18.7 Å². The molecule has 1 aromatic carbocycles. The average molecular weight is 333 g/mol. The summed E-state index contributed by atoms with van der Waals surface area (Å²) in [5, 5.41) is 2.84. The first-order chi connectivity index (χ1) is 9.99. The molecule has 1 heterocycles. The van der Waals surface area contributed by atoms with E-state index in [1.165, 1.54) is 12.1 Å². The lowest BCUT2D eigenvalue weighted by atomic mass is 9.90. The van der Waals surface area contributed by atoms with Crippen LogP contribution >= 0.6 is 12.4 Å². The molecule has 3 N–H and O–H groups in total. The Balaban J connectivity index is 0.00000242. The topological polar surface area (TPSA) is 73.6 Å². The minimum Gasteiger partial charge on any atom is -0.491 e. The molecule has 0 bridgehead atoms. The van der Waals surface area contributed by atoms with Crippen LogP contribution in [0.2, 0.25) is 0 Å². The summed E-state index contributed by atoms with van der Waals surface area (Å²) in [5.74, 6) is -0.113. The van der Waals surface area contributed by atoms with Crippen LogP contribution in [-0.4, -0.2) is 37.3 Å². The number of nitrogens with two attached hydrogens (primary N) is 1. The number of ether oxygens (including phenoxy) is 2. The lowest BCUT2D eigenvalue weighted by Gasteiger charge is -2.32. The van der Waals surface area contributed by atoms with Gasteiger partial charge in [0.15, 0.2) is 0 Å². The molecule has 0 spiro atoms. The van der Waals surface area contributed by atoms with Gasteiger partial charge in [0.1, 0.15) is 18.2 Å². The first-order valence-corrected chi connectivity index (χ1v) is 7.05. The highest BCUT2D eigenvalue weighted by Gasteiger charge is 2.36. The fourth-order valence-electron chi connectivity index (χ4n) is 2.15. The third-order valence-corrected chi connectivity index (χ3v) is 3.51. The largest absolute Gasteiger partial charge is 0.491 e. The molecule has 0 radical (unpaired) electrons. The Morgan fingerprint density at radius 2 is 2.18 bits per heavy atom. The van der Waals surface area contributed by atoms with Gasteiger partial charge in [0.2, 0.25) is 5.91 Å². The third-order valence-electron chi connectivity index (χ3n) is 3.51. The molecule has 1 fully saturated rings. The first-order valence-electron chi connectivity index (χ1n) is 7.05. The molecular weight excluding hydrogens is 311 g/mol. The molecule has 124 valence electrons.